The van der Waals surface area contributed by atoms with E-state index >= 15 is 0 Å². The smallest absolute Gasteiger partial charge is 0.345 e. The highest BCUT2D eigenvalue weighted by atomic mass is 32.1. The first-order valence-electron chi connectivity index (χ1n) is 8.06. The molecule has 6 nitrogen and oxygen atoms in total. The van der Waals surface area contributed by atoms with Crippen molar-refractivity contribution in [3.63, 3.8) is 0 Å². The molecule has 3 rings (SSSR count). The molecule has 0 radical (unpaired) electrons. The lowest BCUT2D eigenvalue weighted by atomic mass is 10.0. The van der Waals surface area contributed by atoms with E-state index in [1.54, 1.807) is 19.2 Å². The zero-order valence-corrected chi connectivity index (χ0v) is 16.3. The lowest BCUT2D eigenvalue weighted by Crippen LogP contribution is -2.07. The second-order valence-corrected chi connectivity index (χ2v) is 6.35. The third-order valence-electron chi connectivity index (χ3n) is 4.13. The fourth-order valence-corrected chi connectivity index (χ4v) is 3.53. The summed E-state index contributed by atoms with van der Waals surface area (Å²) in [7, 11) is 5.96. The number of hydrogen-bond acceptors (Lipinski definition) is 7. The van der Waals surface area contributed by atoms with E-state index in [0.29, 0.717) is 11.5 Å². The van der Waals surface area contributed by atoms with Crippen molar-refractivity contribution >= 4 is 17.5 Å². The summed E-state index contributed by atoms with van der Waals surface area (Å²) in [4.78, 5) is 13.1. The molecular formula is C20H19NO5S. The van der Waals surface area contributed by atoms with Gasteiger partial charge in [0.15, 0.2) is 0 Å². The van der Waals surface area contributed by atoms with E-state index in [9.17, 15) is 4.79 Å². The Kier molecular flexibility index (Phi) is 5.61. The molecule has 1 heterocycles. The van der Waals surface area contributed by atoms with Gasteiger partial charge in [0.1, 0.15) is 22.8 Å². The van der Waals surface area contributed by atoms with Crippen molar-refractivity contribution in [3.05, 3.63) is 48.2 Å². The molecule has 0 saturated carbocycles. The van der Waals surface area contributed by atoms with E-state index in [2.05, 4.69) is 4.37 Å². The Morgan fingerprint density at radius 2 is 1.52 bits per heavy atom. The van der Waals surface area contributed by atoms with E-state index in [1.165, 1.54) is 32.9 Å². The van der Waals surface area contributed by atoms with Crippen LogP contribution in [0.1, 0.15) is 10.4 Å². The van der Waals surface area contributed by atoms with Crippen LogP contribution in [0.4, 0.5) is 0 Å². The molecule has 0 unspecified atom stereocenters. The molecule has 27 heavy (non-hydrogen) atoms. The monoisotopic (exact) mass is 385 g/mol. The highest BCUT2D eigenvalue weighted by Crippen LogP contribution is 2.41. The first kappa shape index (κ1) is 18.7. The summed E-state index contributed by atoms with van der Waals surface area (Å²) in [6.45, 7) is 0. The van der Waals surface area contributed by atoms with E-state index in [0.717, 1.165) is 27.3 Å². The summed E-state index contributed by atoms with van der Waals surface area (Å²) in [5.41, 5.74) is 3.07. The second-order valence-electron chi connectivity index (χ2n) is 5.54. The number of aromatic nitrogens is 1. The SMILES string of the molecule is COC(=O)c1c(OC)cc(-c2sncc2-c2ccc(OC)cc2)cc1OC. The Morgan fingerprint density at radius 1 is 0.889 bits per heavy atom. The minimum atomic E-state index is -0.519. The zero-order valence-electron chi connectivity index (χ0n) is 15.4. The van der Waals surface area contributed by atoms with Gasteiger partial charge in [0.05, 0.1) is 33.3 Å². The third kappa shape index (κ3) is 3.59. The van der Waals surface area contributed by atoms with Crippen LogP contribution >= 0.6 is 11.5 Å². The molecule has 0 spiro atoms. The van der Waals surface area contributed by atoms with Gasteiger partial charge in [0.25, 0.3) is 0 Å². The Morgan fingerprint density at radius 3 is 2.04 bits per heavy atom. The topological polar surface area (TPSA) is 66.9 Å². The molecule has 0 aliphatic heterocycles. The van der Waals surface area contributed by atoms with Crippen LogP contribution in [0.15, 0.2) is 42.6 Å². The van der Waals surface area contributed by atoms with Crippen molar-refractivity contribution in [1.29, 1.82) is 0 Å². The summed E-state index contributed by atoms with van der Waals surface area (Å²) in [6.07, 6.45) is 1.81. The molecule has 0 atom stereocenters. The van der Waals surface area contributed by atoms with E-state index in [1.807, 2.05) is 30.5 Å². The maximum absolute atomic E-state index is 12.1. The average Bonchev–Trinajstić information content (AvgIpc) is 3.22. The molecule has 0 aliphatic carbocycles. The number of esters is 1. The average molecular weight is 385 g/mol. The number of rotatable bonds is 6. The normalized spacial score (nSPS) is 10.4. The van der Waals surface area contributed by atoms with Gasteiger partial charge in [-0.15, -0.1) is 0 Å². The standard InChI is InChI=1S/C20H19NO5S/c1-23-14-7-5-12(6-8-14)15-11-21-27-19(15)13-9-16(24-2)18(20(22)26-4)17(10-13)25-3/h5-11H,1-4H3. The second kappa shape index (κ2) is 8.09. The lowest BCUT2D eigenvalue weighted by Gasteiger charge is -2.14. The summed E-state index contributed by atoms with van der Waals surface area (Å²) in [5, 5.41) is 0. The number of ether oxygens (including phenoxy) is 4. The number of benzene rings is 2. The Hall–Kier alpha value is -3.06. The van der Waals surface area contributed by atoms with Crippen LogP contribution in [0.3, 0.4) is 0 Å². The van der Waals surface area contributed by atoms with E-state index in [-0.39, 0.29) is 5.56 Å². The molecule has 0 amide bonds. The number of methoxy groups -OCH3 is 4. The van der Waals surface area contributed by atoms with Crippen molar-refractivity contribution in [2.75, 3.05) is 28.4 Å². The van der Waals surface area contributed by atoms with Crippen molar-refractivity contribution in [2.24, 2.45) is 0 Å². The number of carbonyl (C=O) groups is 1. The number of hydrogen-bond donors (Lipinski definition) is 0. The van der Waals surface area contributed by atoms with Crippen LogP contribution < -0.4 is 14.2 Å². The maximum Gasteiger partial charge on any atom is 0.345 e. The van der Waals surface area contributed by atoms with Gasteiger partial charge < -0.3 is 18.9 Å². The first-order chi connectivity index (χ1) is 13.1. The van der Waals surface area contributed by atoms with Crippen LogP contribution in [0, 0.1) is 0 Å². The van der Waals surface area contributed by atoms with E-state index < -0.39 is 5.97 Å². The van der Waals surface area contributed by atoms with Gasteiger partial charge in [-0.1, -0.05) is 12.1 Å². The maximum atomic E-state index is 12.1. The molecular weight excluding hydrogens is 366 g/mol. The summed E-state index contributed by atoms with van der Waals surface area (Å²) < 4.78 is 25.2. The van der Waals surface area contributed by atoms with Crippen LogP contribution in [0.25, 0.3) is 21.6 Å². The summed E-state index contributed by atoms with van der Waals surface area (Å²) >= 11 is 1.36. The number of nitrogens with zero attached hydrogens (tertiary/aromatic N) is 1. The van der Waals surface area contributed by atoms with Crippen LogP contribution in [-0.4, -0.2) is 38.8 Å². The predicted molar refractivity (Wildman–Crippen MR) is 104 cm³/mol. The summed E-state index contributed by atoms with van der Waals surface area (Å²) in [5.74, 6) is 1.03. The minimum Gasteiger partial charge on any atom is -0.497 e. The Labute approximate surface area is 161 Å². The first-order valence-corrected chi connectivity index (χ1v) is 8.84. The van der Waals surface area contributed by atoms with Crippen molar-refractivity contribution < 1.29 is 23.7 Å². The van der Waals surface area contributed by atoms with Crippen molar-refractivity contribution in [2.45, 2.75) is 0 Å². The molecule has 0 fully saturated rings. The van der Waals surface area contributed by atoms with Gasteiger partial charge in [-0.25, -0.2) is 4.79 Å². The Balaban J connectivity index is 2.12. The molecule has 2 aromatic carbocycles. The molecule has 7 heteroatoms. The molecule has 0 aliphatic rings. The largest absolute Gasteiger partial charge is 0.497 e. The zero-order chi connectivity index (χ0) is 19.4. The van der Waals surface area contributed by atoms with Crippen LogP contribution in [0.5, 0.6) is 17.2 Å². The fraction of sp³-hybridized carbons (Fsp3) is 0.200. The lowest BCUT2D eigenvalue weighted by molar-refractivity contribution is 0.0593. The molecule has 3 aromatic rings. The number of carbonyl (C=O) groups excluding carboxylic acids is 1. The molecule has 0 bridgehead atoms. The molecule has 140 valence electrons. The third-order valence-corrected chi connectivity index (χ3v) is 4.98. The van der Waals surface area contributed by atoms with Gasteiger partial charge in [-0.2, -0.15) is 4.37 Å². The van der Waals surface area contributed by atoms with Gasteiger partial charge in [0.2, 0.25) is 0 Å². The van der Waals surface area contributed by atoms with Gasteiger partial charge in [0, 0.05) is 17.3 Å². The van der Waals surface area contributed by atoms with Gasteiger partial charge in [-0.3, -0.25) is 0 Å². The fourth-order valence-electron chi connectivity index (χ4n) is 2.77. The van der Waals surface area contributed by atoms with Crippen LogP contribution in [0.2, 0.25) is 0 Å². The molecule has 1 aromatic heterocycles. The molecule has 0 saturated heterocycles. The minimum absolute atomic E-state index is 0.252. The molecule has 0 N–H and O–H groups in total. The highest BCUT2D eigenvalue weighted by Gasteiger charge is 2.22. The quantitative estimate of drug-likeness (QED) is 0.590. The summed E-state index contributed by atoms with van der Waals surface area (Å²) in [6, 6.07) is 11.3. The van der Waals surface area contributed by atoms with Crippen molar-refractivity contribution in [3.8, 4) is 38.8 Å². The highest BCUT2D eigenvalue weighted by molar-refractivity contribution is 7.10. The van der Waals surface area contributed by atoms with Gasteiger partial charge >= 0.3 is 5.97 Å². The van der Waals surface area contributed by atoms with E-state index in [4.69, 9.17) is 18.9 Å². The van der Waals surface area contributed by atoms with Crippen LogP contribution in [-0.2, 0) is 4.74 Å². The van der Waals surface area contributed by atoms with Gasteiger partial charge in [-0.05, 0) is 41.4 Å². The Bertz CT molecular complexity index is 924. The predicted octanol–water partition coefficient (Wildman–Crippen LogP) is 4.29. The van der Waals surface area contributed by atoms with Crippen molar-refractivity contribution in [1.82, 2.24) is 4.37 Å².